The van der Waals surface area contributed by atoms with E-state index in [1.807, 2.05) is 26.0 Å². The van der Waals surface area contributed by atoms with E-state index in [1.54, 1.807) is 0 Å². The molecule has 0 bridgehead atoms. The average molecular weight is 265 g/mol. The third-order valence-corrected chi connectivity index (χ3v) is 2.36. The maximum absolute atomic E-state index is 10.4. The van der Waals surface area contributed by atoms with Gasteiger partial charge in [0.2, 0.25) is 0 Å². The first-order chi connectivity index (χ1) is 7.65. The fraction of sp³-hybridized carbons (Fsp3) is 0.667. The molecule has 100 valence electrons. The molecule has 0 atom stereocenters. The number of carbonyl (C=O) groups excluding carboxylic acids is 3. The first-order valence-electron chi connectivity index (χ1n) is 4.77. The van der Waals surface area contributed by atoms with E-state index in [4.69, 9.17) is 0 Å². The van der Waals surface area contributed by atoms with Crippen LogP contribution in [0.1, 0.15) is 20.8 Å². The molecule has 0 saturated heterocycles. The van der Waals surface area contributed by atoms with E-state index in [2.05, 4.69) is 13.3 Å². The van der Waals surface area contributed by atoms with Crippen molar-refractivity contribution in [1.82, 2.24) is 4.90 Å². The molecule has 0 aliphatic heterocycles. The molecule has 0 aromatic heterocycles. The number of nitrogens with zero attached hydrogens (tertiary/aromatic N) is 1. The summed E-state index contributed by atoms with van der Waals surface area (Å²) in [6.07, 6.45) is 0. The summed E-state index contributed by atoms with van der Waals surface area (Å²) in [5, 5.41) is 0. The number of rotatable bonds is 3. The van der Waals surface area contributed by atoms with Crippen LogP contribution in [0.2, 0.25) is 0 Å². The molecule has 0 spiro atoms. The highest BCUT2D eigenvalue weighted by atomic mass is 28.3. The molecule has 0 aromatic rings. The summed E-state index contributed by atoms with van der Waals surface area (Å²) in [6, 6.07) is 0. The monoisotopic (exact) mass is 265 g/mol. The van der Waals surface area contributed by atoms with E-state index in [1.165, 1.54) is 0 Å². The van der Waals surface area contributed by atoms with Gasteiger partial charge in [-0.2, -0.15) is 0 Å². The Labute approximate surface area is 103 Å². The quantitative estimate of drug-likeness (QED) is 0.640. The van der Waals surface area contributed by atoms with Crippen LogP contribution in [0.5, 0.6) is 0 Å². The normalized spacial score (nSPS) is 9.18. The molecule has 0 N–H and O–H groups in total. The average Bonchev–Trinajstić information content (AvgIpc) is 1.96. The van der Waals surface area contributed by atoms with Gasteiger partial charge in [0.1, 0.15) is 0 Å². The Morgan fingerprint density at radius 3 is 1.06 bits per heavy atom. The molecule has 0 aromatic carbocycles. The second-order valence-corrected chi connectivity index (χ2v) is 4.74. The highest BCUT2D eigenvalue weighted by molar-refractivity contribution is 6.43. The van der Waals surface area contributed by atoms with Crippen molar-refractivity contribution in [3.05, 3.63) is 0 Å². The molecule has 0 heterocycles. The van der Waals surface area contributed by atoms with Crippen LogP contribution in [-0.4, -0.2) is 53.5 Å². The zero-order valence-electron chi connectivity index (χ0n) is 11.0. The van der Waals surface area contributed by atoms with Crippen molar-refractivity contribution < 1.29 is 27.7 Å². The van der Waals surface area contributed by atoms with Gasteiger partial charge >= 0.3 is 9.53 Å². The minimum atomic E-state index is -2.96. The van der Waals surface area contributed by atoms with E-state index in [-0.39, 0.29) is 0 Å². The van der Waals surface area contributed by atoms with Crippen molar-refractivity contribution in [3.8, 4) is 0 Å². The molecule has 0 rings (SSSR count). The van der Waals surface area contributed by atoms with Crippen LogP contribution in [0.4, 0.5) is 0 Å². The van der Waals surface area contributed by atoms with Crippen molar-refractivity contribution in [2.45, 2.75) is 20.8 Å². The zero-order valence-corrected chi connectivity index (χ0v) is 12.1. The third-order valence-electron chi connectivity index (χ3n) is 0.787. The molecule has 0 amide bonds. The van der Waals surface area contributed by atoms with E-state index in [9.17, 15) is 14.4 Å². The highest BCUT2D eigenvalue weighted by Gasteiger charge is 2.25. The Bertz CT molecular complexity index is 227. The number of hydrogen-bond donors (Lipinski definition) is 0. The van der Waals surface area contributed by atoms with Gasteiger partial charge in [-0.3, -0.25) is 14.4 Å². The smallest absolute Gasteiger partial charge is 0.458 e. The minimum Gasteiger partial charge on any atom is -0.458 e. The molecule has 0 radical (unpaired) electrons. The first kappa shape index (κ1) is 18.0. The molecule has 8 heteroatoms. The van der Waals surface area contributed by atoms with Gasteiger partial charge in [0.15, 0.2) is 0 Å². The second kappa shape index (κ2) is 9.79. The molecule has 0 saturated carbocycles. The van der Waals surface area contributed by atoms with Crippen LogP contribution >= 0.6 is 0 Å². The summed E-state index contributed by atoms with van der Waals surface area (Å²) >= 11 is 0. The second-order valence-electron chi connectivity index (χ2n) is 3.46. The first-order valence-corrected chi connectivity index (χ1v) is 6.19. The van der Waals surface area contributed by atoms with Gasteiger partial charge < -0.3 is 18.2 Å². The molecular formula is C9H19NO6Si. The molecule has 0 aliphatic rings. The highest BCUT2D eigenvalue weighted by Crippen LogP contribution is 1.94. The maximum Gasteiger partial charge on any atom is 0.689 e. The number of hydrogen-bond acceptors (Lipinski definition) is 7. The molecule has 17 heavy (non-hydrogen) atoms. The van der Waals surface area contributed by atoms with Crippen molar-refractivity contribution in [3.63, 3.8) is 0 Å². The Morgan fingerprint density at radius 1 is 0.765 bits per heavy atom. The zero-order chi connectivity index (χ0) is 14.0. The lowest BCUT2D eigenvalue weighted by molar-refractivity contribution is -0.144. The van der Waals surface area contributed by atoms with Gasteiger partial charge in [0.05, 0.1) is 0 Å². The summed E-state index contributed by atoms with van der Waals surface area (Å²) in [5.74, 6) is -1.96. The Balaban J connectivity index is 0. The van der Waals surface area contributed by atoms with E-state index < -0.39 is 27.4 Å². The fourth-order valence-electron chi connectivity index (χ4n) is 0.479. The summed E-state index contributed by atoms with van der Waals surface area (Å²) in [5.41, 5.74) is 0. The predicted molar refractivity (Wildman–Crippen MR) is 62.1 cm³/mol. The minimum absolute atomic E-state index is 0.654. The molecule has 7 nitrogen and oxygen atoms in total. The predicted octanol–water partition coefficient (Wildman–Crippen LogP) is -0.429. The SMILES string of the molecule is CC(=O)O[SiH](OC(C)=O)OC(C)=O.CN(C)C. The summed E-state index contributed by atoms with van der Waals surface area (Å²) in [6.45, 7) is 3.40. The van der Waals surface area contributed by atoms with Gasteiger partial charge in [-0.15, -0.1) is 0 Å². The fourth-order valence-corrected chi connectivity index (χ4v) is 1.44. The van der Waals surface area contributed by atoms with E-state index in [0.29, 0.717) is 0 Å². The van der Waals surface area contributed by atoms with Crippen LogP contribution in [0.25, 0.3) is 0 Å². The van der Waals surface area contributed by atoms with E-state index >= 15 is 0 Å². The molecule has 0 fully saturated rings. The van der Waals surface area contributed by atoms with Gasteiger partial charge in [-0.25, -0.2) is 0 Å². The largest absolute Gasteiger partial charge is 0.689 e. The van der Waals surface area contributed by atoms with Crippen LogP contribution in [-0.2, 0) is 27.7 Å². The van der Waals surface area contributed by atoms with Gasteiger partial charge in [0.25, 0.3) is 17.9 Å². The van der Waals surface area contributed by atoms with Crippen LogP contribution in [0.15, 0.2) is 0 Å². The van der Waals surface area contributed by atoms with Crippen molar-refractivity contribution in [1.29, 1.82) is 0 Å². The van der Waals surface area contributed by atoms with E-state index in [0.717, 1.165) is 20.8 Å². The van der Waals surface area contributed by atoms with Crippen molar-refractivity contribution >= 4 is 27.4 Å². The standard InChI is InChI=1S/C6H10O6Si.C3H9N/c1-4(7)10-13(11-5(2)8)12-6(3)9;1-4(2)3/h13H,1-3H3;1-3H3. The van der Waals surface area contributed by atoms with Crippen LogP contribution < -0.4 is 0 Å². The van der Waals surface area contributed by atoms with Crippen LogP contribution in [0, 0.1) is 0 Å². The van der Waals surface area contributed by atoms with Gasteiger partial charge in [-0.1, -0.05) is 0 Å². The summed E-state index contributed by atoms with van der Waals surface area (Å²) in [7, 11) is 3.04. The third kappa shape index (κ3) is 20.6. The van der Waals surface area contributed by atoms with Crippen molar-refractivity contribution in [2.24, 2.45) is 0 Å². The lowest BCUT2D eigenvalue weighted by Gasteiger charge is -2.12. The Kier molecular flexibility index (Phi) is 10.3. The van der Waals surface area contributed by atoms with Crippen LogP contribution in [0.3, 0.4) is 0 Å². The molecular weight excluding hydrogens is 246 g/mol. The topological polar surface area (TPSA) is 82.1 Å². The van der Waals surface area contributed by atoms with Crippen molar-refractivity contribution in [2.75, 3.05) is 21.1 Å². The Morgan fingerprint density at radius 2 is 0.941 bits per heavy atom. The van der Waals surface area contributed by atoms with Gasteiger partial charge in [0, 0.05) is 20.8 Å². The lowest BCUT2D eigenvalue weighted by atomic mass is 10.9. The molecule has 0 unspecified atom stereocenters. The summed E-state index contributed by atoms with van der Waals surface area (Å²) < 4.78 is 13.5. The lowest BCUT2D eigenvalue weighted by Crippen LogP contribution is -2.32. The Hall–Kier alpha value is -1.41. The van der Waals surface area contributed by atoms with Gasteiger partial charge in [-0.05, 0) is 21.1 Å². The number of carbonyl (C=O) groups is 3. The maximum atomic E-state index is 10.4. The molecule has 0 aliphatic carbocycles. The summed E-state index contributed by atoms with van der Waals surface area (Å²) in [4.78, 5) is 33.3.